The van der Waals surface area contributed by atoms with Gasteiger partial charge in [-0.15, -0.1) is 0 Å². The van der Waals surface area contributed by atoms with Crippen LogP contribution in [0.1, 0.15) is 31.1 Å². The fourth-order valence-corrected chi connectivity index (χ4v) is 3.51. The zero-order valence-corrected chi connectivity index (χ0v) is 15.7. The van der Waals surface area contributed by atoms with Crippen LogP contribution in [-0.4, -0.2) is 29.8 Å². The van der Waals surface area contributed by atoms with Crippen LogP contribution in [0.2, 0.25) is 0 Å². The molecular formula is C21H23N3O3. The second kappa shape index (κ2) is 7.32. The monoisotopic (exact) mass is 365 g/mol. The van der Waals surface area contributed by atoms with Crippen LogP contribution in [-0.2, 0) is 5.41 Å². The lowest BCUT2D eigenvalue weighted by molar-refractivity contribution is -0.384. The van der Waals surface area contributed by atoms with Crippen LogP contribution in [0.3, 0.4) is 0 Å². The predicted octanol–water partition coefficient (Wildman–Crippen LogP) is 4.01. The molecular weight excluding hydrogens is 342 g/mol. The minimum absolute atomic E-state index is 0.00486. The molecule has 1 N–H and O–H groups in total. The average Bonchev–Trinajstić information content (AvgIpc) is 2.85. The Balaban J connectivity index is 1.69. The van der Waals surface area contributed by atoms with Gasteiger partial charge < -0.3 is 10.0 Å². The standard InChI is InChI=1S/C21H23N3O3/c1-21(2)17-6-4-5-7-18(17)23(3)20(21)12-13-22-14-19(25)15-8-10-16(11-9-15)24(26)27/h4-13,19,25H,14H2,1-3H3/b20-12+,22-13?. The number of nitro benzene ring substituents is 1. The quantitative estimate of drug-likeness (QED) is 0.493. The molecule has 3 rings (SSSR count). The highest BCUT2D eigenvalue weighted by atomic mass is 16.6. The zero-order valence-electron chi connectivity index (χ0n) is 15.7. The van der Waals surface area contributed by atoms with Gasteiger partial charge in [0.05, 0.1) is 17.6 Å². The first-order valence-corrected chi connectivity index (χ1v) is 8.78. The predicted molar refractivity (Wildman–Crippen MR) is 107 cm³/mol. The zero-order chi connectivity index (χ0) is 19.6. The first-order chi connectivity index (χ1) is 12.8. The van der Waals surface area contributed by atoms with Crippen molar-refractivity contribution in [3.05, 3.63) is 81.5 Å². The van der Waals surface area contributed by atoms with Gasteiger partial charge in [-0.2, -0.15) is 0 Å². The number of para-hydroxylation sites is 1. The van der Waals surface area contributed by atoms with Gasteiger partial charge in [0, 0.05) is 42.2 Å². The number of hydrogen-bond donors (Lipinski definition) is 1. The van der Waals surface area contributed by atoms with Crippen molar-refractivity contribution in [2.45, 2.75) is 25.4 Å². The third kappa shape index (κ3) is 3.61. The SMILES string of the molecule is CN1/C(=C/C=NCC(O)c2ccc([N+](=O)[O-])cc2)C(C)(C)c2ccccc21. The number of aliphatic imine (C=N–C) groups is 1. The maximum absolute atomic E-state index is 10.7. The van der Waals surface area contributed by atoms with E-state index in [1.54, 1.807) is 18.3 Å². The second-order valence-corrected chi connectivity index (χ2v) is 7.13. The third-order valence-electron chi connectivity index (χ3n) is 5.05. The Hall–Kier alpha value is -2.99. The molecule has 27 heavy (non-hydrogen) atoms. The third-order valence-corrected chi connectivity index (χ3v) is 5.05. The number of nitro groups is 1. The Morgan fingerprint density at radius 2 is 1.89 bits per heavy atom. The van der Waals surface area contributed by atoms with E-state index >= 15 is 0 Å². The molecule has 0 aromatic heterocycles. The van der Waals surface area contributed by atoms with Crippen molar-refractivity contribution in [1.29, 1.82) is 0 Å². The summed E-state index contributed by atoms with van der Waals surface area (Å²) in [6.45, 7) is 4.56. The summed E-state index contributed by atoms with van der Waals surface area (Å²) in [4.78, 5) is 16.7. The van der Waals surface area contributed by atoms with Crippen LogP contribution in [0.15, 0.2) is 65.3 Å². The van der Waals surface area contributed by atoms with Gasteiger partial charge in [-0.25, -0.2) is 0 Å². The molecule has 2 aromatic carbocycles. The molecule has 0 saturated heterocycles. The number of aliphatic hydroxyl groups excluding tert-OH is 1. The number of allylic oxidation sites excluding steroid dienone is 2. The van der Waals surface area contributed by atoms with Crippen molar-refractivity contribution in [1.82, 2.24) is 0 Å². The summed E-state index contributed by atoms with van der Waals surface area (Å²) in [5, 5.41) is 20.9. The summed E-state index contributed by atoms with van der Waals surface area (Å²) in [5.41, 5.74) is 4.10. The van der Waals surface area contributed by atoms with E-state index in [-0.39, 0.29) is 17.6 Å². The van der Waals surface area contributed by atoms with Crippen LogP contribution in [0.4, 0.5) is 11.4 Å². The molecule has 2 aromatic rings. The molecule has 0 amide bonds. The van der Waals surface area contributed by atoms with Gasteiger partial charge in [-0.1, -0.05) is 32.0 Å². The summed E-state index contributed by atoms with van der Waals surface area (Å²) < 4.78 is 0. The summed E-state index contributed by atoms with van der Waals surface area (Å²) in [6, 6.07) is 14.2. The fraction of sp³-hybridized carbons (Fsp3) is 0.286. The van der Waals surface area contributed by atoms with E-state index in [1.165, 1.54) is 23.4 Å². The maximum atomic E-state index is 10.7. The summed E-state index contributed by atoms with van der Waals surface area (Å²) >= 11 is 0. The van der Waals surface area contributed by atoms with E-state index in [2.05, 4.69) is 35.9 Å². The molecule has 0 saturated carbocycles. The lowest BCUT2D eigenvalue weighted by Crippen LogP contribution is -2.23. The molecule has 6 heteroatoms. The Morgan fingerprint density at radius 1 is 1.22 bits per heavy atom. The van der Waals surface area contributed by atoms with Crippen LogP contribution < -0.4 is 4.90 Å². The molecule has 1 aliphatic rings. The normalized spacial score (nSPS) is 18.1. The lowest BCUT2D eigenvalue weighted by atomic mass is 9.84. The number of nitrogens with zero attached hydrogens (tertiary/aromatic N) is 3. The number of non-ortho nitro benzene ring substituents is 1. The highest BCUT2D eigenvalue weighted by molar-refractivity contribution is 5.79. The van der Waals surface area contributed by atoms with Gasteiger partial charge in [0.1, 0.15) is 0 Å². The van der Waals surface area contributed by atoms with Crippen LogP contribution in [0, 0.1) is 10.1 Å². The minimum Gasteiger partial charge on any atom is -0.386 e. The summed E-state index contributed by atoms with van der Waals surface area (Å²) in [7, 11) is 2.04. The smallest absolute Gasteiger partial charge is 0.269 e. The number of anilines is 1. The molecule has 1 unspecified atom stereocenters. The Bertz CT molecular complexity index is 901. The van der Waals surface area contributed by atoms with Crippen molar-refractivity contribution in [3.8, 4) is 0 Å². The molecule has 0 aliphatic carbocycles. The van der Waals surface area contributed by atoms with Crippen molar-refractivity contribution in [2.75, 3.05) is 18.5 Å². The second-order valence-electron chi connectivity index (χ2n) is 7.13. The van der Waals surface area contributed by atoms with E-state index in [0.29, 0.717) is 5.56 Å². The van der Waals surface area contributed by atoms with Gasteiger partial charge in [0.25, 0.3) is 5.69 Å². The fourth-order valence-electron chi connectivity index (χ4n) is 3.51. The molecule has 0 fully saturated rings. The van der Waals surface area contributed by atoms with E-state index in [1.807, 2.05) is 25.3 Å². The highest BCUT2D eigenvalue weighted by Crippen LogP contribution is 2.46. The molecule has 1 atom stereocenters. The molecule has 1 aliphatic heterocycles. The Kier molecular flexibility index (Phi) is 5.10. The van der Waals surface area contributed by atoms with E-state index in [9.17, 15) is 15.2 Å². The molecule has 0 radical (unpaired) electrons. The molecule has 6 nitrogen and oxygen atoms in total. The van der Waals surface area contributed by atoms with Crippen LogP contribution in [0.5, 0.6) is 0 Å². The molecule has 0 bridgehead atoms. The van der Waals surface area contributed by atoms with Gasteiger partial charge >= 0.3 is 0 Å². The van der Waals surface area contributed by atoms with Crippen molar-refractivity contribution in [3.63, 3.8) is 0 Å². The molecule has 0 spiro atoms. The molecule has 1 heterocycles. The van der Waals surface area contributed by atoms with E-state index in [4.69, 9.17) is 0 Å². The van der Waals surface area contributed by atoms with Gasteiger partial charge in [-0.05, 0) is 35.4 Å². The number of rotatable bonds is 5. The van der Waals surface area contributed by atoms with Crippen molar-refractivity contribution < 1.29 is 10.0 Å². The van der Waals surface area contributed by atoms with E-state index in [0.717, 1.165) is 5.70 Å². The number of likely N-dealkylation sites (N-methyl/N-ethyl adjacent to an activating group) is 1. The van der Waals surface area contributed by atoms with Crippen molar-refractivity contribution in [2.24, 2.45) is 4.99 Å². The first-order valence-electron chi connectivity index (χ1n) is 8.78. The van der Waals surface area contributed by atoms with Crippen LogP contribution in [0.25, 0.3) is 0 Å². The maximum Gasteiger partial charge on any atom is 0.269 e. The Labute approximate surface area is 158 Å². The number of benzene rings is 2. The van der Waals surface area contributed by atoms with Gasteiger partial charge in [0.2, 0.25) is 0 Å². The first kappa shape index (κ1) is 18.8. The van der Waals surface area contributed by atoms with Crippen LogP contribution >= 0.6 is 0 Å². The number of aliphatic hydroxyl groups is 1. The lowest BCUT2D eigenvalue weighted by Gasteiger charge is -2.23. The van der Waals surface area contributed by atoms with Gasteiger partial charge in [-0.3, -0.25) is 15.1 Å². The largest absolute Gasteiger partial charge is 0.386 e. The Morgan fingerprint density at radius 3 is 2.52 bits per heavy atom. The average molecular weight is 365 g/mol. The minimum atomic E-state index is -0.799. The summed E-state index contributed by atoms with van der Waals surface area (Å²) in [5.74, 6) is 0. The highest BCUT2D eigenvalue weighted by Gasteiger charge is 2.37. The topological polar surface area (TPSA) is 79.0 Å². The van der Waals surface area contributed by atoms with Gasteiger partial charge in [0.15, 0.2) is 0 Å². The summed E-state index contributed by atoms with van der Waals surface area (Å²) in [6.07, 6.45) is 2.89. The number of fused-ring (bicyclic) bond motifs is 1. The van der Waals surface area contributed by atoms with E-state index < -0.39 is 11.0 Å². The van der Waals surface area contributed by atoms with Crippen molar-refractivity contribution >= 4 is 17.6 Å². The number of hydrogen-bond acceptors (Lipinski definition) is 5. The molecule has 140 valence electrons.